The zero-order valence-electron chi connectivity index (χ0n) is 16.0. The Kier molecular flexibility index (Phi) is 6.07. The van der Waals surface area contributed by atoms with E-state index in [1.165, 1.54) is 30.5 Å². The van der Waals surface area contributed by atoms with Crippen LogP contribution < -0.4 is 4.74 Å². The first-order chi connectivity index (χ1) is 13.3. The van der Waals surface area contributed by atoms with Gasteiger partial charge in [-0.25, -0.2) is 0 Å². The van der Waals surface area contributed by atoms with Gasteiger partial charge in [-0.2, -0.15) is 0 Å². The van der Waals surface area contributed by atoms with Crippen LogP contribution in [0, 0.1) is 0 Å². The van der Waals surface area contributed by atoms with Gasteiger partial charge in [-0.3, -0.25) is 9.80 Å². The Morgan fingerprint density at radius 3 is 2.70 bits per heavy atom. The molecule has 144 valence electrons. The molecule has 1 N–H and O–H groups in total. The first kappa shape index (κ1) is 18.5. The minimum atomic E-state index is 0.264. The molecule has 2 heterocycles. The highest BCUT2D eigenvalue weighted by Gasteiger charge is 2.35. The highest BCUT2D eigenvalue weighted by atomic mass is 16.5. The molecule has 4 nitrogen and oxygen atoms in total. The minimum Gasteiger partial charge on any atom is -0.489 e. The third-order valence-electron chi connectivity index (χ3n) is 5.90. The normalized spacial score (nSPS) is 23.3. The second-order valence-corrected chi connectivity index (χ2v) is 7.81. The molecule has 2 aliphatic rings. The van der Waals surface area contributed by atoms with Gasteiger partial charge in [0.2, 0.25) is 0 Å². The molecule has 2 saturated heterocycles. The molecule has 0 radical (unpaired) electrons. The molecule has 1 unspecified atom stereocenters. The number of piperazine rings is 1. The third kappa shape index (κ3) is 4.70. The van der Waals surface area contributed by atoms with E-state index < -0.39 is 0 Å². The Balaban J connectivity index is 1.40. The van der Waals surface area contributed by atoms with Crippen molar-refractivity contribution >= 4 is 0 Å². The summed E-state index contributed by atoms with van der Waals surface area (Å²) in [6.07, 6.45) is 3.48. The number of rotatable bonds is 7. The maximum Gasteiger partial charge on any atom is 0.120 e. The highest BCUT2D eigenvalue weighted by molar-refractivity contribution is 5.29. The Morgan fingerprint density at radius 1 is 1.00 bits per heavy atom. The summed E-state index contributed by atoms with van der Waals surface area (Å²) in [5.41, 5.74) is 2.47. The minimum absolute atomic E-state index is 0.264. The van der Waals surface area contributed by atoms with E-state index in [1.807, 2.05) is 24.3 Å². The first-order valence-corrected chi connectivity index (χ1v) is 10.2. The van der Waals surface area contributed by atoms with Crippen LogP contribution in [0.15, 0.2) is 54.6 Å². The highest BCUT2D eigenvalue weighted by Crippen LogP contribution is 2.27. The molecule has 0 saturated carbocycles. The molecular formula is C23H30N2O2. The molecule has 2 fully saturated rings. The maximum absolute atomic E-state index is 9.50. The maximum atomic E-state index is 9.50. The molecule has 2 aromatic rings. The van der Waals surface area contributed by atoms with Gasteiger partial charge in [-0.15, -0.1) is 0 Å². The quantitative estimate of drug-likeness (QED) is 0.816. The van der Waals surface area contributed by atoms with Crippen LogP contribution in [0.4, 0.5) is 0 Å². The SMILES string of the molecule is OCC[C@H]1CN2CCCC2CN1Cc1cccc(OCc2ccccc2)c1. The summed E-state index contributed by atoms with van der Waals surface area (Å²) in [4.78, 5) is 5.19. The van der Waals surface area contributed by atoms with Crippen molar-refractivity contribution < 1.29 is 9.84 Å². The van der Waals surface area contributed by atoms with Crippen LogP contribution in [-0.4, -0.2) is 53.2 Å². The van der Waals surface area contributed by atoms with E-state index in [1.54, 1.807) is 0 Å². The summed E-state index contributed by atoms with van der Waals surface area (Å²) in [5.74, 6) is 0.926. The Bertz CT molecular complexity index is 721. The monoisotopic (exact) mass is 366 g/mol. The lowest BCUT2D eigenvalue weighted by Crippen LogP contribution is -2.55. The number of aliphatic hydroxyl groups excluding tert-OH is 1. The molecule has 0 spiro atoms. The summed E-state index contributed by atoms with van der Waals surface area (Å²) in [5, 5.41) is 9.50. The largest absolute Gasteiger partial charge is 0.489 e. The van der Waals surface area contributed by atoms with E-state index >= 15 is 0 Å². The zero-order chi connectivity index (χ0) is 18.5. The molecular weight excluding hydrogens is 336 g/mol. The van der Waals surface area contributed by atoms with Crippen LogP contribution in [0.2, 0.25) is 0 Å². The molecule has 4 heteroatoms. The van der Waals surface area contributed by atoms with Gasteiger partial charge in [0, 0.05) is 38.3 Å². The van der Waals surface area contributed by atoms with Crippen molar-refractivity contribution in [1.82, 2.24) is 9.80 Å². The molecule has 27 heavy (non-hydrogen) atoms. The molecule has 2 aromatic carbocycles. The van der Waals surface area contributed by atoms with Gasteiger partial charge in [0.05, 0.1) is 0 Å². The predicted molar refractivity (Wildman–Crippen MR) is 108 cm³/mol. The van der Waals surface area contributed by atoms with Crippen LogP contribution in [-0.2, 0) is 13.2 Å². The van der Waals surface area contributed by atoms with Crippen molar-refractivity contribution in [1.29, 1.82) is 0 Å². The standard InChI is InChI=1S/C23H30N2O2/c26-13-11-22-16-24-12-5-9-21(24)17-25(22)15-20-8-4-10-23(14-20)27-18-19-6-2-1-3-7-19/h1-4,6-8,10,14,21-22,26H,5,9,11-13,15-18H2/t21?,22-/m0/s1. The van der Waals surface area contributed by atoms with E-state index in [0.717, 1.165) is 31.8 Å². The van der Waals surface area contributed by atoms with Crippen molar-refractivity contribution in [3.05, 3.63) is 65.7 Å². The molecule has 0 aromatic heterocycles. The Labute approximate surface area is 162 Å². The topological polar surface area (TPSA) is 35.9 Å². The second-order valence-electron chi connectivity index (χ2n) is 7.81. The number of fused-ring (bicyclic) bond motifs is 1. The molecule has 4 rings (SSSR count). The number of benzene rings is 2. The molecule has 2 atom stereocenters. The number of aliphatic hydroxyl groups is 1. The first-order valence-electron chi connectivity index (χ1n) is 10.2. The van der Waals surface area contributed by atoms with Crippen LogP contribution in [0.1, 0.15) is 30.4 Å². The lowest BCUT2D eigenvalue weighted by atomic mass is 10.0. The Hall–Kier alpha value is -1.88. The molecule has 2 aliphatic heterocycles. The number of hydrogen-bond acceptors (Lipinski definition) is 4. The molecule has 0 aliphatic carbocycles. The second kappa shape index (κ2) is 8.87. The summed E-state index contributed by atoms with van der Waals surface area (Å²) < 4.78 is 6.00. The van der Waals surface area contributed by atoms with E-state index in [0.29, 0.717) is 18.7 Å². The summed E-state index contributed by atoms with van der Waals surface area (Å²) in [7, 11) is 0. The van der Waals surface area contributed by atoms with E-state index in [-0.39, 0.29) is 6.61 Å². The van der Waals surface area contributed by atoms with Crippen LogP contribution >= 0.6 is 0 Å². The zero-order valence-corrected chi connectivity index (χ0v) is 16.0. The number of ether oxygens (including phenoxy) is 1. The van der Waals surface area contributed by atoms with Gasteiger partial charge in [-0.05, 0) is 49.1 Å². The van der Waals surface area contributed by atoms with Crippen molar-refractivity contribution in [3.63, 3.8) is 0 Å². The average Bonchev–Trinajstić information content (AvgIpc) is 3.15. The third-order valence-corrected chi connectivity index (χ3v) is 5.90. The number of nitrogens with zero attached hydrogens (tertiary/aromatic N) is 2. The fourth-order valence-electron chi connectivity index (χ4n) is 4.47. The summed E-state index contributed by atoms with van der Waals surface area (Å²) in [6.45, 7) is 5.22. The fourth-order valence-corrected chi connectivity index (χ4v) is 4.47. The average molecular weight is 367 g/mol. The predicted octanol–water partition coefficient (Wildman–Crippen LogP) is 3.30. The lowest BCUT2D eigenvalue weighted by Gasteiger charge is -2.43. The van der Waals surface area contributed by atoms with Crippen LogP contribution in [0.5, 0.6) is 5.75 Å². The van der Waals surface area contributed by atoms with Gasteiger partial charge in [0.25, 0.3) is 0 Å². The van der Waals surface area contributed by atoms with E-state index in [4.69, 9.17) is 4.74 Å². The van der Waals surface area contributed by atoms with Gasteiger partial charge in [-0.1, -0.05) is 42.5 Å². The summed E-state index contributed by atoms with van der Waals surface area (Å²) >= 11 is 0. The lowest BCUT2D eigenvalue weighted by molar-refractivity contribution is 0.0333. The number of hydrogen-bond donors (Lipinski definition) is 1. The van der Waals surface area contributed by atoms with E-state index in [9.17, 15) is 5.11 Å². The van der Waals surface area contributed by atoms with Crippen molar-refractivity contribution in [2.45, 2.75) is 44.5 Å². The molecule has 0 bridgehead atoms. The van der Waals surface area contributed by atoms with Crippen molar-refractivity contribution in [2.24, 2.45) is 0 Å². The van der Waals surface area contributed by atoms with Crippen molar-refractivity contribution in [2.75, 3.05) is 26.2 Å². The Morgan fingerprint density at radius 2 is 1.85 bits per heavy atom. The van der Waals surface area contributed by atoms with Gasteiger partial charge in [0.15, 0.2) is 0 Å². The van der Waals surface area contributed by atoms with Crippen LogP contribution in [0.25, 0.3) is 0 Å². The van der Waals surface area contributed by atoms with Gasteiger partial charge < -0.3 is 9.84 Å². The van der Waals surface area contributed by atoms with Crippen LogP contribution in [0.3, 0.4) is 0 Å². The fraction of sp³-hybridized carbons (Fsp3) is 0.478. The van der Waals surface area contributed by atoms with Gasteiger partial charge >= 0.3 is 0 Å². The van der Waals surface area contributed by atoms with Gasteiger partial charge in [0.1, 0.15) is 12.4 Å². The smallest absolute Gasteiger partial charge is 0.120 e. The van der Waals surface area contributed by atoms with Crippen molar-refractivity contribution in [3.8, 4) is 5.75 Å². The van der Waals surface area contributed by atoms with E-state index in [2.05, 4.69) is 40.1 Å². The summed E-state index contributed by atoms with van der Waals surface area (Å²) in [6, 6.07) is 19.9. The molecule has 0 amide bonds.